The van der Waals surface area contributed by atoms with E-state index in [1.165, 1.54) is 19.3 Å². The molecule has 1 saturated heterocycles. The Morgan fingerprint density at radius 2 is 2.10 bits per heavy atom. The lowest BCUT2D eigenvalue weighted by Gasteiger charge is -2.26. The Labute approximate surface area is 132 Å². The van der Waals surface area contributed by atoms with Crippen molar-refractivity contribution < 1.29 is 0 Å². The van der Waals surface area contributed by atoms with Gasteiger partial charge in [0.25, 0.3) is 0 Å². The fraction of sp³-hybridized carbons (Fsp3) is 0.562. The van der Waals surface area contributed by atoms with Crippen LogP contribution in [-0.2, 0) is 0 Å². The highest BCUT2D eigenvalue weighted by molar-refractivity contribution is 7.80. The number of nitrogens with two attached hydrogens (primary N) is 1. The number of benzene rings is 1. The molecule has 110 valence electrons. The van der Waals surface area contributed by atoms with Gasteiger partial charge in [-0.2, -0.15) is 0 Å². The fourth-order valence-electron chi connectivity index (χ4n) is 3.05. The normalized spacial score (nSPS) is 20.0. The number of hydrogen-bond donors (Lipinski definition) is 1. The zero-order valence-corrected chi connectivity index (χ0v) is 13.8. The topological polar surface area (TPSA) is 29.3 Å². The van der Waals surface area contributed by atoms with Gasteiger partial charge in [0.2, 0.25) is 0 Å². The van der Waals surface area contributed by atoms with Gasteiger partial charge in [-0.3, -0.25) is 0 Å². The highest BCUT2D eigenvalue weighted by atomic mass is 35.5. The molecule has 1 heterocycles. The third-order valence-corrected chi connectivity index (χ3v) is 4.81. The number of anilines is 1. The van der Waals surface area contributed by atoms with Crippen molar-refractivity contribution >= 4 is 34.5 Å². The molecule has 0 amide bonds. The minimum Gasteiger partial charge on any atom is -0.389 e. The van der Waals surface area contributed by atoms with E-state index in [0.717, 1.165) is 36.2 Å². The summed E-state index contributed by atoms with van der Waals surface area (Å²) in [6, 6.07) is 5.91. The van der Waals surface area contributed by atoms with Crippen LogP contribution in [0.2, 0.25) is 5.02 Å². The standard InChI is InChI=1S/C16H23ClN2S/c1-11(2)12-5-4-9-19(10-8-12)14-7-3-6-13(17)15(14)16(18)20/h3,6-7,11-12H,4-5,8-10H2,1-2H3,(H2,18,20). The summed E-state index contributed by atoms with van der Waals surface area (Å²) in [7, 11) is 0. The van der Waals surface area contributed by atoms with Crippen LogP contribution >= 0.6 is 23.8 Å². The summed E-state index contributed by atoms with van der Waals surface area (Å²) < 4.78 is 0. The molecule has 0 bridgehead atoms. The summed E-state index contributed by atoms with van der Waals surface area (Å²) in [5, 5.41) is 0.652. The zero-order chi connectivity index (χ0) is 14.7. The molecular formula is C16H23ClN2S. The second-order valence-electron chi connectivity index (χ2n) is 5.92. The lowest BCUT2D eigenvalue weighted by molar-refractivity contribution is 0.351. The average Bonchev–Trinajstić information content (AvgIpc) is 2.63. The molecule has 0 radical (unpaired) electrons. The summed E-state index contributed by atoms with van der Waals surface area (Å²) in [4.78, 5) is 2.78. The molecule has 0 saturated carbocycles. The van der Waals surface area contributed by atoms with E-state index in [-0.39, 0.29) is 0 Å². The van der Waals surface area contributed by atoms with Crippen LogP contribution < -0.4 is 10.6 Å². The van der Waals surface area contributed by atoms with Gasteiger partial charge in [-0.1, -0.05) is 43.7 Å². The van der Waals surface area contributed by atoms with Crippen LogP contribution in [0.4, 0.5) is 5.69 Å². The summed E-state index contributed by atoms with van der Waals surface area (Å²) in [6.45, 7) is 6.75. The lowest BCUT2D eigenvalue weighted by atomic mass is 9.89. The molecule has 0 aliphatic carbocycles. The Balaban J connectivity index is 2.24. The van der Waals surface area contributed by atoms with Crippen LogP contribution in [0.5, 0.6) is 0 Å². The van der Waals surface area contributed by atoms with Crippen LogP contribution in [0, 0.1) is 11.8 Å². The second-order valence-corrected chi connectivity index (χ2v) is 6.77. The molecule has 1 aliphatic rings. The number of hydrogen-bond acceptors (Lipinski definition) is 2. The SMILES string of the molecule is CC(C)C1CCCN(c2cccc(Cl)c2C(N)=S)CC1. The number of nitrogens with zero attached hydrogens (tertiary/aromatic N) is 1. The molecule has 1 aromatic rings. The van der Waals surface area contributed by atoms with Crippen molar-refractivity contribution in [3.05, 3.63) is 28.8 Å². The highest BCUT2D eigenvalue weighted by Gasteiger charge is 2.22. The van der Waals surface area contributed by atoms with Gasteiger partial charge in [0.1, 0.15) is 4.99 Å². The predicted octanol–water partition coefficient (Wildman–Crippen LogP) is 4.24. The monoisotopic (exact) mass is 310 g/mol. The van der Waals surface area contributed by atoms with Gasteiger partial charge >= 0.3 is 0 Å². The fourth-order valence-corrected chi connectivity index (χ4v) is 3.59. The van der Waals surface area contributed by atoms with Crippen molar-refractivity contribution in [3.8, 4) is 0 Å². The van der Waals surface area contributed by atoms with Crippen molar-refractivity contribution in [1.29, 1.82) is 0 Å². The molecule has 1 aromatic carbocycles. The van der Waals surface area contributed by atoms with Crippen LogP contribution in [0.3, 0.4) is 0 Å². The van der Waals surface area contributed by atoms with E-state index >= 15 is 0 Å². The first kappa shape index (κ1) is 15.6. The molecule has 1 atom stereocenters. The molecule has 1 fully saturated rings. The third-order valence-electron chi connectivity index (χ3n) is 4.29. The Hall–Kier alpha value is -0.800. The van der Waals surface area contributed by atoms with E-state index in [1.807, 2.05) is 12.1 Å². The summed E-state index contributed by atoms with van der Waals surface area (Å²) in [6.07, 6.45) is 3.74. The average molecular weight is 311 g/mol. The molecule has 2 N–H and O–H groups in total. The van der Waals surface area contributed by atoms with Gasteiger partial charge in [-0.25, -0.2) is 0 Å². The van der Waals surface area contributed by atoms with Gasteiger partial charge in [0, 0.05) is 18.8 Å². The lowest BCUT2D eigenvalue weighted by Crippen LogP contribution is -2.27. The van der Waals surface area contributed by atoms with Crippen LogP contribution in [0.1, 0.15) is 38.7 Å². The maximum Gasteiger partial charge on any atom is 0.107 e. The van der Waals surface area contributed by atoms with E-state index < -0.39 is 0 Å². The smallest absolute Gasteiger partial charge is 0.107 e. The first-order chi connectivity index (χ1) is 9.50. The Kier molecular flexibility index (Phi) is 5.28. The van der Waals surface area contributed by atoms with E-state index in [2.05, 4.69) is 24.8 Å². The predicted molar refractivity (Wildman–Crippen MR) is 91.7 cm³/mol. The van der Waals surface area contributed by atoms with Gasteiger partial charge in [-0.15, -0.1) is 0 Å². The molecule has 1 unspecified atom stereocenters. The first-order valence-corrected chi connectivity index (χ1v) is 8.12. The molecule has 1 aliphatic heterocycles. The molecule has 2 rings (SSSR count). The zero-order valence-electron chi connectivity index (χ0n) is 12.2. The number of rotatable bonds is 3. The molecule has 20 heavy (non-hydrogen) atoms. The molecule has 2 nitrogen and oxygen atoms in total. The van der Waals surface area contributed by atoms with E-state index in [4.69, 9.17) is 29.6 Å². The van der Waals surface area contributed by atoms with Gasteiger partial charge in [0.15, 0.2) is 0 Å². The maximum atomic E-state index is 6.27. The minimum atomic E-state index is 0.384. The molecule has 0 aromatic heterocycles. The Bertz CT molecular complexity index is 487. The van der Waals surface area contributed by atoms with Gasteiger partial charge in [-0.05, 0) is 43.2 Å². The van der Waals surface area contributed by atoms with Crippen molar-refractivity contribution in [2.75, 3.05) is 18.0 Å². The first-order valence-electron chi connectivity index (χ1n) is 7.34. The largest absolute Gasteiger partial charge is 0.389 e. The van der Waals surface area contributed by atoms with E-state index in [0.29, 0.717) is 10.0 Å². The minimum absolute atomic E-state index is 0.384. The van der Waals surface area contributed by atoms with Crippen LogP contribution in [0.15, 0.2) is 18.2 Å². The summed E-state index contributed by atoms with van der Waals surface area (Å²) >= 11 is 11.4. The molecule has 4 heteroatoms. The quantitative estimate of drug-likeness (QED) is 0.847. The number of halogens is 1. The van der Waals surface area contributed by atoms with Gasteiger partial charge < -0.3 is 10.6 Å². The van der Waals surface area contributed by atoms with E-state index in [1.54, 1.807) is 0 Å². The van der Waals surface area contributed by atoms with Crippen LogP contribution in [0.25, 0.3) is 0 Å². The number of thiocarbonyl (C=S) groups is 1. The highest BCUT2D eigenvalue weighted by Crippen LogP contribution is 2.31. The summed E-state index contributed by atoms with van der Waals surface area (Å²) in [5.41, 5.74) is 7.78. The van der Waals surface area contributed by atoms with Crippen molar-refractivity contribution in [1.82, 2.24) is 0 Å². The third kappa shape index (κ3) is 3.44. The molecule has 0 spiro atoms. The second kappa shape index (κ2) is 6.77. The van der Waals surface area contributed by atoms with Crippen LogP contribution in [-0.4, -0.2) is 18.1 Å². The summed E-state index contributed by atoms with van der Waals surface area (Å²) in [5.74, 6) is 1.57. The Morgan fingerprint density at radius 1 is 1.35 bits per heavy atom. The van der Waals surface area contributed by atoms with Crippen molar-refractivity contribution in [3.63, 3.8) is 0 Å². The van der Waals surface area contributed by atoms with E-state index in [9.17, 15) is 0 Å². The maximum absolute atomic E-state index is 6.27. The Morgan fingerprint density at radius 3 is 2.75 bits per heavy atom. The van der Waals surface area contributed by atoms with Crippen molar-refractivity contribution in [2.24, 2.45) is 17.6 Å². The molecular weight excluding hydrogens is 288 g/mol. The van der Waals surface area contributed by atoms with Crippen molar-refractivity contribution in [2.45, 2.75) is 33.1 Å². The van der Waals surface area contributed by atoms with Gasteiger partial charge in [0.05, 0.1) is 10.6 Å².